The smallest absolute Gasteiger partial charge is 0.287 e. The van der Waals surface area contributed by atoms with Crippen LogP contribution in [0.4, 0.5) is 8.78 Å². The molecule has 0 saturated carbocycles. The van der Waals surface area contributed by atoms with Crippen molar-refractivity contribution in [2.45, 2.75) is 13.0 Å². The van der Waals surface area contributed by atoms with E-state index in [1.807, 2.05) is 10.8 Å². The fraction of sp³-hybridized carbons (Fsp3) is 0.158. The van der Waals surface area contributed by atoms with Gasteiger partial charge in [-0.1, -0.05) is 11.2 Å². The number of H-pyrrole nitrogens is 1. The second kappa shape index (κ2) is 8.05. The number of carbonyl (C=O) groups is 1. The standard InChI is InChI=1S/C19H16F2N6O2/c20-14-4-1-3-12(16(14)21)17-13(9-25-29-17)15-10-24-18(26-15)19(28)23-5-2-7-27-8-6-22-11-27/h1,3-4,6,8-11H,2,5,7H2,(H,23,28)(H,24,26). The second-order valence-corrected chi connectivity index (χ2v) is 6.23. The van der Waals surface area contributed by atoms with Gasteiger partial charge in [-0.25, -0.2) is 18.7 Å². The lowest BCUT2D eigenvalue weighted by molar-refractivity contribution is 0.0943. The Morgan fingerprint density at radius 3 is 2.97 bits per heavy atom. The van der Waals surface area contributed by atoms with E-state index in [2.05, 4.69) is 25.4 Å². The molecule has 0 atom stereocenters. The maximum Gasteiger partial charge on any atom is 0.287 e. The number of imidazole rings is 2. The summed E-state index contributed by atoms with van der Waals surface area (Å²) in [6, 6.07) is 3.77. The van der Waals surface area contributed by atoms with E-state index in [4.69, 9.17) is 4.52 Å². The lowest BCUT2D eigenvalue weighted by Gasteiger charge is -2.04. The molecule has 8 nitrogen and oxygen atoms in total. The van der Waals surface area contributed by atoms with Crippen LogP contribution in [0.5, 0.6) is 0 Å². The molecule has 0 fully saturated rings. The van der Waals surface area contributed by atoms with Gasteiger partial charge in [0.25, 0.3) is 5.91 Å². The first-order chi connectivity index (χ1) is 14.1. The first-order valence-electron chi connectivity index (χ1n) is 8.82. The minimum absolute atomic E-state index is 0.0398. The monoisotopic (exact) mass is 398 g/mol. The predicted octanol–water partition coefficient (Wildman–Crippen LogP) is 3.03. The number of nitrogens with zero attached hydrogens (tertiary/aromatic N) is 4. The third kappa shape index (κ3) is 3.91. The van der Waals surface area contributed by atoms with Crippen LogP contribution in [0.1, 0.15) is 17.0 Å². The molecule has 1 amide bonds. The number of carbonyl (C=O) groups excluding carboxylic acids is 1. The van der Waals surface area contributed by atoms with Gasteiger partial charge < -0.3 is 19.4 Å². The van der Waals surface area contributed by atoms with Crippen molar-refractivity contribution in [2.75, 3.05) is 6.54 Å². The highest BCUT2D eigenvalue weighted by molar-refractivity contribution is 5.91. The summed E-state index contributed by atoms with van der Waals surface area (Å²) in [6.07, 6.45) is 8.73. The maximum atomic E-state index is 14.1. The summed E-state index contributed by atoms with van der Waals surface area (Å²) in [4.78, 5) is 23.1. The Balaban J connectivity index is 1.45. The molecule has 0 bridgehead atoms. The highest BCUT2D eigenvalue weighted by atomic mass is 19.2. The van der Waals surface area contributed by atoms with Crippen molar-refractivity contribution in [3.63, 3.8) is 0 Å². The van der Waals surface area contributed by atoms with Crippen molar-refractivity contribution in [3.8, 4) is 22.6 Å². The largest absolute Gasteiger partial charge is 0.355 e. The van der Waals surface area contributed by atoms with Crippen molar-refractivity contribution in [1.29, 1.82) is 0 Å². The van der Waals surface area contributed by atoms with Crippen molar-refractivity contribution >= 4 is 5.91 Å². The molecule has 0 aliphatic heterocycles. The molecule has 3 heterocycles. The summed E-state index contributed by atoms with van der Waals surface area (Å²) in [5.74, 6) is -2.28. The summed E-state index contributed by atoms with van der Waals surface area (Å²) < 4.78 is 34.7. The summed E-state index contributed by atoms with van der Waals surface area (Å²) in [7, 11) is 0. The van der Waals surface area contributed by atoms with Gasteiger partial charge in [0.15, 0.2) is 23.2 Å². The van der Waals surface area contributed by atoms with Gasteiger partial charge in [0.2, 0.25) is 0 Å². The van der Waals surface area contributed by atoms with E-state index in [0.717, 1.165) is 19.0 Å². The van der Waals surface area contributed by atoms with Crippen LogP contribution in [0, 0.1) is 11.6 Å². The molecular formula is C19H16F2N6O2. The van der Waals surface area contributed by atoms with Crippen molar-refractivity contribution in [3.05, 3.63) is 66.8 Å². The molecule has 4 aromatic rings. The highest BCUT2D eigenvalue weighted by Gasteiger charge is 2.21. The number of aromatic amines is 1. The average molecular weight is 398 g/mol. The van der Waals surface area contributed by atoms with Gasteiger partial charge in [0.05, 0.1) is 35.5 Å². The summed E-state index contributed by atoms with van der Waals surface area (Å²) in [5, 5.41) is 6.43. The maximum absolute atomic E-state index is 14.1. The Labute approximate surface area is 163 Å². The molecule has 0 spiro atoms. The zero-order chi connectivity index (χ0) is 20.2. The number of hydrogen-bond donors (Lipinski definition) is 2. The molecule has 1 aromatic carbocycles. The van der Waals surface area contributed by atoms with Crippen LogP contribution >= 0.6 is 0 Å². The molecule has 0 unspecified atom stereocenters. The highest BCUT2D eigenvalue weighted by Crippen LogP contribution is 2.33. The van der Waals surface area contributed by atoms with E-state index in [0.29, 0.717) is 17.8 Å². The minimum atomic E-state index is -1.04. The topological polar surface area (TPSA) is 102 Å². The number of aromatic nitrogens is 5. The molecular weight excluding hydrogens is 382 g/mol. The Kier molecular flexibility index (Phi) is 5.14. The second-order valence-electron chi connectivity index (χ2n) is 6.23. The molecule has 0 aliphatic rings. The Bertz CT molecular complexity index is 1120. The fourth-order valence-electron chi connectivity index (χ4n) is 2.84. The summed E-state index contributed by atoms with van der Waals surface area (Å²) >= 11 is 0. The van der Waals surface area contributed by atoms with Gasteiger partial charge in [-0.05, 0) is 18.6 Å². The van der Waals surface area contributed by atoms with Gasteiger partial charge in [0.1, 0.15) is 0 Å². The third-order valence-corrected chi connectivity index (χ3v) is 4.29. The normalized spacial score (nSPS) is 11.0. The molecule has 29 heavy (non-hydrogen) atoms. The molecule has 3 aromatic heterocycles. The van der Waals surface area contributed by atoms with Crippen LogP contribution in [-0.2, 0) is 6.54 Å². The van der Waals surface area contributed by atoms with Crippen molar-refractivity contribution in [2.24, 2.45) is 0 Å². The van der Waals surface area contributed by atoms with E-state index in [-0.39, 0.29) is 23.1 Å². The first kappa shape index (κ1) is 18.5. The quantitative estimate of drug-likeness (QED) is 0.466. The minimum Gasteiger partial charge on any atom is -0.355 e. The van der Waals surface area contributed by atoms with Gasteiger partial charge in [-0.3, -0.25) is 4.79 Å². The zero-order valence-corrected chi connectivity index (χ0v) is 15.1. The number of rotatable bonds is 7. The van der Waals surface area contributed by atoms with Gasteiger partial charge >= 0.3 is 0 Å². The fourth-order valence-corrected chi connectivity index (χ4v) is 2.84. The van der Waals surface area contributed by atoms with Crippen LogP contribution < -0.4 is 5.32 Å². The van der Waals surface area contributed by atoms with Gasteiger partial charge in [0, 0.05) is 25.5 Å². The Morgan fingerprint density at radius 2 is 2.14 bits per heavy atom. The first-order valence-corrected chi connectivity index (χ1v) is 8.82. The van der Waals surface area contributed by atoms with E-state index in [1.165, 1.54) is 24.5 Å². The van der Waals surface area contributed by atoms with Gasteiger partial charge in [-0.15, -0.1) is 0 Å². The van der Waals surface area contributed by atoms with Crippen LogP contribution in [0.2, 0.25) is 0 Å². The third-order valence-electron chi connectivity index (χ3n) is 4.29. The van der Waals surface area contributed by atoms with E-state index < -0.39 is 11.6 Å². The lowest BCUT2D eigenvalue weighted by atomic mass is 10.1. The molecule has 148 valence electrons. The average Bonchev–Trinajstić information content (AvgIpc) is 3.47. The van der Waals surface area contributed by atoms with Crippen LogP contribution in [0.3, 0.4) is 0 Å². The lowest BCUT2D eigenvalue weighted by Crippen LogP contribution is -2.26. The van der Waals surface area contributed by atoms with Crippen LogP contribution in [-0.4, -0.2) is 37.1 Å². The van der Waals surface area contributed by atoms with Gasteiger partial charge in [-0.2, -0.15) is 0 Å². The number of aryl methyl sites for hydroxylation is 1. The summed E-state index contributed by atoms with van der Waals surface area (Å²) in [5.41, 5.74) is 0.687. The Hall–Kier alpha value is -3.82. The van der Waals surface area contributed by atoms with Crippen molar-refractivity contribution < 1.29 is 18.1 Å². The van der Waals surface area contributed by atoms with E-state index in [1.54, 1.807) is 12.5 Å². The molecule has 0 radical (unpaired) electrons. The summed E-state index contributed by atoms with van der Waals surface area (Å²) in [6.45, 7) is 1.19. The SMILES string of the molecule is O=C(NCCCn1ccnc1)c1ncc(-c2cnoc2-c2cccc(F)c2F)[nH]1. The molecule has 4 rings (SSSR count). The van der Waals surface area contributed by atoms with Crippen LogP contribution in [0.25, 0.3) is 22.6 Å². The van der Waals surface area contributed by atoms with E-state index in [9.17, 15) is 13.6 Å². The number of nitrogens with one attached hydrogen (secondary N) is 2. The Morgan fingerprint density at radius 1 is 1.24 bits per heavy atom. The molecule has 2 N–H and O–H groups in total. The van der Waals surface area contributed by atoms with E-state index >= 15 is 0 Å². The number of amides is 1. The van der Waals surface area contributed by atoms with Crippen LogP contribution in [0.15, 0.2) is 53.8 Å². The molecule has 0 aliphatic carbocycles. The molecule has 0 saturated heterocycles. The number of benzene rings is 1. The predicted molar refractivity (Wildman–Crippen MR) is 98.6 cm³/mol. The van der Waals surface area contributed by atoms with Crippen molar-refractivity contribution in [1.82, 2.24) is 30.0 Å². The molecule has 10 heteroatoms. The number of halogens is 2. The zero-order valence-electron chi connectivity index (χ0n) is 15.1. The number of hydrogen-bond acceptors (Lipinski definition) is 5.